The van der Waals surface area contributed by atoms with Crippen LogP contribution < -0.4 is 59.1 Å². The van der Waals surface area contributed by atoms with E-state index in [0.717, 1.165) is 12.8 Å². The molecule has 0 saturated carbocycles. The van der Waals surface area contributed by atoms with Crippen LogP contribution in [0.2, 0.25) is 0 Å². The van der Waals surface area contributed by atoms with Gasteiger partial charge in [-0.15, -0.1) is 9.05 Å². The van der Waals surface area contributed by atoms with Crippen molar-refractivity contribution in [1.82, 2.24) is 0 Å². The summed E-state index contributed by atoms with van der Waals surface area (Å²) in [4.78, 5) is 0. The van der Waals surface area contributed by atoms with Crippen molar-refractivity contribution < 1.29 is 75.6 Å². The van der Waals surface area contributed by atoms with Gasteiger partial charge in [0.1, 0.15) is 13.2 Å². The molecule has 0 aliphatic carbocycles. The van der Waals surface area contributed by atoms with Gasteiger partial charge in [0, 0.05) is 4.57 Å². The monoisotopic (exact) mass is 465 g/mol. The van der Waals surface area contributed by atoms with Crippen LogP contribution in [0.5, 0.6) is 0 Å². The Labute approximate surface area is 237 Å². The minimum Gasteiger partial charge on any atom is -1.00 e. The minimum absolute atomic E-state index is 0. The Morgan fingerprint density at radius 3 is 0.967 bits per heavy atom. The fourth-order valence-electron chi connectivity index (χ4n) is 3.49. The van der Waals surface area contributed by atoms with Gasteiger partial charge < -0.3 is 2.85 Å². The van der Waals surface area contributed by atoms with Gasteiger partial charge in [0.15, 0.2) is 0 Å². The van der Waals surface area contributed by atoms with Crippen LogP contribution in [0, 0.1) is 0 Å². The Hall–Kier alpha value is 2.02. The summed E-state index contributed by atoms with van der Waals surface area (Å²) < 4.78 is 22.3. The number of hydrogen-bond acceptors (Lipinski definition) is 3. The Morgan fingerprint density at radius 2 is 0.700 bits per heavy atom. The van der Waals surface area contributed by atoms with Gasteiger partial charge in [0.05, 0.1) is 0 Å². The SMILES string of the molecule is CCCCCCCCCCCCO[P+](=O)OCCCCCCCCCCCC.[H-].[H-].[Na+].[Na+]. The third-order valence-electron chi connectivity index (χ3n) is 5.39. The van der Waals surface area contributed by atoms with Crippen LogP contribution in [0.1, 0.15) is 145 Å². The van der Waals surface area contributed by atoms with Gasteiger partial charge >= 0.3 is 67.4 Å². The molecule has 172 valence electrons. The summed E-state index contributed by atoms with van der Waals surface area (Å²) in [5.41, 5.74) is 0. The summed E-state index contributed by atoms with van der Waals surface area (Å²) in [6, 6.07) is 0. The first-order valence-electron chi connectivity index (χ1n) is 12.5. The molecule has 0 rings (SSSR count). The van der Waals surface area contributed by atoms with Crippen LogP contribution in [-0.2, 0) is 13.6 Å². The molecule has 0 aliphatic rings. The predicted molar refractivity (Wildman–Crippen MR) is 125 cm³/mol. The second kappa shape index (κ2) is 33.2. The van der Waals surface area contributed by atoms with Gasteiger partial charge in [-0.25, -0.2) is 0 Å². The summed E-state index contributed by atoms with van der Waals surface area (Å²) in [5, 5.41) is 0. The Balaban J connectivity index is -0.000000607. The van der Waals surface area contributed by atoms with Gasteiger partial charge in [-0.2, -0.15) is 0 Å². The molecule has 0 radical (unpaired) electrons. The second-order valence-electron chi connectivity index (χ2n) is 8.25. The summed E-state index contributed by atoms with van der Waals surface area (Å²) in [7, 11) is -1.90. The van der Waals surface area contributed by atoms with Gasteiger partial charge in [0.2, 0.25) is 0 Å². The molecule has 0 unspecified atom stereocenters. The Bertz CT molecular complexity index is 304. The van der Waals surface area contributed by atoms with Crippen molar-refractivity contribution in [3.05, 3.63) is 0 Å². The molecule has 0 fully saturated rings. The normalized spacial score (nSPS) is 10.5. The molecular formula is C24H52Na2O3P+. The minimum atomic E-state index is -1.90. The van der Waals surface area contributed by atoms with Crippen molar-refractivity contribution in [2.24, 2.45) is 0 Å². The van der Waals surface area contributed by atoms with Crippen LogP contribution >= 0.6 is 8.25 Å². The molecule has 0 aliphatic heterocycles. The average molecular weight is 466 g/mol. The molecule has 0 aromatic heterocycles. The van der Waals surface area contributed by atoms with E-state index in [-0.39, 0.29) is 62.0 Å². The molecule has 0 spiro atoms. The molecule has 0 saturated heterocycles. The van der Waals surface area contributed by atoms with Crippen LogP contribution in [0.25, 0.3) is 0 Å². The fraction of sp³-hybridized carbons (Fsp3) is 1.00. The Kier molecular flexibility index (Phi) is 40.5. The van der Waals surface area contributed by atoms with Crippen molar-refractivity contribution in [3.63, 3.8) is 0 Å². The summed E-state index contributed by atoms with van der Waals surface area (Å²) in [5.74, 6) is 0. The number of rotatable bonds is 24. The van der Waals surface area contributed by atoms with Gasteiger partial charge in [-0.05, 0) is 12.8 Å². The van der Waals surface area contributed by atoms with E-state index in [1.165, 1.54) is 116 Å². The standard InChI is InChI=1S/C24H50O3P.2Na.2H/c1-3-5-7-9-11-13-15-17-19-21-23-26-28(25)27-24-22-20-18-16-14-12-10-8-6-4-2;;;;/h3-24H2,1-2H3;;;;/q3*+1;2*-1. The van der Waals surface area contributed by atoms with Crippen molar-refractivity contribution in [1.29, 1.82) is 0 Å². The van der Waals surface area contributed by atoms with Crippen LogP contribution in [0.4, 0.5) is 0 Å². The quantitative estimate of drug-likeness (QED) is 0.124. The van der Waals surface area contributed by atoms with Crippen molar-refractivity contribution in [2.45, 2.75) is 142 Å². The third kappa shape index (κ3) is 32.2. The van der Waals surface area contributed by atoms with E-state index in [2.05, 4.69) is 13.8 Å². The molecule has 0 aromatic rings. The van der Waals surface area contributed by atoms with Gasteiger partial charge in [0.25, 0.3) is 0 Å². The van der Waals surface area contributed by atoms with Crippen molar-refractivity contribution in [3.8, 4) is 0 Å². The smallest absolute Gasteiger partial charge is 1.00 e. The first kappa shape index (κ1) is 36.6. The van der Waals surface area contributed by atoms with E-state index in [4.69, 9.17) is 9.05 Å². The first-order chi connectivity index (χ1) is 13.8. The molecular weight excluding hydrogens is 413 g/mol. The van der Waals surface area contributed by atoms with Crippen LogP contribution in [0.15, 0.2) is 0 Å². The zero-order chi connectivity index (χ0) is 20.5. The van der Waals surface area contributed by atoms with E-state index in [9.17, 15) is 4.57 Å². The molecule has 30 heavy (non-hydrogen) atoms. The van der Waals surface area contributed by atoms with Gasteiger partial charge in [-0.1, -0.05) is 129 Å². The fourth-order valence-corrected chi connectivity index (χ4v) is 4.13. The van der Waals surface area contributed by atoms with Crippen LogP contribution in [0.3, 0.4) is 0 Å². The summed E-state index contributed by atoms with van der Waals surface area (Å²) in [6.45, 7) is 5.67. The van der Waals surface area contributed by atoms with E-state index < -0.39 is 8.25 Å². The van der Waals surface area contributed by atoms with Crippen LogP contribution in [-0.4, -0.2) is 13.2 Å². The number of hydrogen-bond donors (Lipinski definition) is 0. The predicted octanol–water partition coefficient (Wildman–Crippen LogP) is 3.75. The largest absolute Gasteiger partial charge is 1.00 e. The first-order valence-corrected chi connectivity index (χ1v) is 13.6. The molecule has 0 atom stereocenters. The molecule has 0 N–H and O–H groups in total. The molecule has 6 heteroatoms. The maximum absolute atomic E-state index is 11.7. The molecule has 0 bridgehead atoms. The molecule has 0 amide bonds. The number of unbranched alkanes of at least 4 members (excludes halogenated alkanes) is 18. The van der Waals surface area contributed by atoms with E-state index in [0.29, 0.717) is 13.2 Å². The van der Waals surface area contributed by atoms with Gasteiger partial charge in [-0.3, -0.25) is 0 Å². The molecule has 0 heterocycles. The Morgan fingerprint density at radius 1 is 0.467 bits per heavy atom. The third-order valence-corrected chi connectivity index (χ3v) is 6.18. The summed E-state index contributed by atoms with van der Waals surface area (Å²) >= 11 is 0. The topological polar surface area (TPSA) is 35.5 Å². The van der Waals surface area contributed by atoms with Crippen molar-refractivity contribution >= 4 is 8.25 Å². The maximum Gasteiger partial charge on any atom is 1.00 e. The second-order valence-corrected chi connectivity index (χ2v) is 9.22. The zero-order valence-electron chi connectivity index (χ0n) is 23.2. The zero-order valence-corrected chi connectivity index (χ0v) is 26.1. The maximum atomic E-state index is 11.7. The van der Waals surface area contributed by atoms with E-state index >= 15 is 0 Å². The molecule has 3 nitrogen and oxygen atoms in total. The summed E-state index contributed by atoms with van der Waals surface area (Å²) in [6.07, 6.45) is 26.1. The van der Waals surface area contributed by atoms with E-state index in [1.807, 2.05) is 0 Å². The molecule has 0 aromatic carbocycles. The van der Waals surface area contributed by atoms with E-state index in [1.54, 1.807) is 0 Å². The van der Waals surface area contributed by atoms with Crippen molar-refractivity contribution in [2.75, 3.05) is 13.2 Å². The average Bonchev–Trinajstić information content (AvgIpc) is 2.70.